The number of nitrogens with zero attached hydrogens (tertiary/aromatic N) is 5. The molecule has 0 bridgehead atoms. The van der Waals surface area contributed by atoms with Crippen LogP contribution in [-0.4, -0.2) is 30.4 Å². The lowest BCUT2D eigenvalue weighted by Crippen LogP contribution is -2.11. The molecule has 1 amide bonds. The Kier molecular flexibility index (Phi) is 3.96. The van der Waals surface area contributed by atoms with Gasteiger partial charge in [0, 0.05) is 24.8 Å². The van der Waals surface area contributed by atoms with Crippen molar-refractivity contribution in [2.45, 2.75) is 13.8 Å². The number of anilines is 1. The van der Waals surface area contributed by atoms with E-state index in [9.17, 15) is 4.79 Å². The number of hydrogen-bond donors (Lipinski definition) is 1. The quantitative estimate of drug-likeness (QED) is 0.602. The van der Waals surface area contributed by atoms with Crippen LogP contribution < -0.4 is 5.32 Å². The minimum atomic E-state index is -0.209. The summed E-state index contributed by atoms with van der Waals surface area (Å²) in [7, 11) is 1.96. The molecule has 0 aliphatic heterocycles. The van der Waals surface area contributed by atoms with Gasteiger partial charge in [-0.15, -0.1) is 11.3 Å². The molecule has 0 aliphatic carbocycles. The zero-order valence-corrected chi connectivity index (χ0v) is 15.3. The Morgan fingerprint density at radius 1 is 1.00 bits per heavy atom. The van der Waals surface area contributed by atoms with Crippen LogP contribution in [0.15, 0.2) is 36.9 Å². The first-order valence-electron chi connectivity index (χ1n) is 7.99. The van der Waals surface area contributed by atoms with E-state index in [4.69, 9.17) is 0 Å². The van der Waals surface area contributed by atoms with Crippen LogP contribution in [0, 0.1) is 13.8 Å². The van der Waals surface area contributed by atoms with E-state index in [1.54, 1.807) is 24.8 Å². The highest BCUT2D eigenvalue weighted by Gasteiger charge is 2.12. The maximum atomic E-state index is 12.3. The minimum Gasteiger partial charge on any atom is -0.330 e. The number of carbonyl (C=O) groups is 1. The van der Waals surface area contributed by atoms with E-state index in [-0.39, 0.29) is 5.91 Å². The average Bonchev–Trinajstić information content (AvgIpc) is 3.21. The molecule has 0 saturated carbocycles. The van der Waals surface area contributed by atoms with Crippen LogP contribution in [0.5, 0.6) is 0 Å². The second kappa shape index (κ2) is 6.30. The first-order valence-corrected chi connectivity index (χ1v) is 8.81. The molecule has 8 heteroatoms. The summed E-state index contributed by atoms with van der Waals surface area (Å²) >= 11 is 1.35. The normalized spacial score (nSPS) is 11.0. The van der Waals surface area contributed by atoms with Gasteiger partial charge in [-0.3, -0.25) is 9.78 Å². The molecule has 0 fully saturated rings. The molecule has 7 nitrogen and oxygen atoms in total. The van der Waals surface area contributed by atoms with Crippen molar-refractivity contribution in [1.82, 2.24) is 24.5 Å². The van der Waals surface area contributed by atoms with Crippen LogP contribution in [0.25, 0.3) is 22.2 Å². The Bertz CT molecular complexity index is 1130. The molecule has 1 N–H and O–H groups in total. The van der Waals surface area contributed by atoms with Crippen LogP contribution in [0.4, 0.5) is 5.82 Å². The van der Waals surface area contributed by atoms with Gasteiger partial charge in [0.2, 0.25) is 0 Å². The molecule has 0 spiro atoms. The third kappa shape index (κ3) is 2.95. The van der Waals surface area contributed by atoms with E-state index in [2.05, 4.69) is 25.3 Å². The van der Waals surface area contributed by atoms with Gasteiger partial charge in [0.15, 0.2) is 0 Å². The van der Waals surface area contributed by atoms with Crippen LogP contribution in [0.1, 0.15) is 20.5 Å². The molecule has 4 aromatic heterocycles. The monoisotopic (exact) mass is 364 g/mol. The van der Waals surface area contributed by atoms with Gasteiger partial charge < -0.3 is 9.88 Å². The van der Waals surface area contributed by atoms with Gasteiger partial charge in [-0.05, 0) is 31.4 Å². The van der Waals surface area contributed by atoms with Crippen molar-refractivity contribution in [3.63, 3.8) is 0 Å². The van der Waals surface area contributed by atoms with Crippen molar-refractivity contribution < 1.29 is 4.79 Å². The average molecular weight is 364 g/mol. The van der Waals surface area contributed by atoms with E-state index in [0.717, 1.165) is 33.0 Å². The van der Waals surface area contributed by atoms with Crippen molar-refractivity contribution in [1.29, 1.82) is 0 Å². The number of rotatable bonds is 3. The van der Waals surface area contributed by atoms with Gasteiger partial charge in [0.1, 0.15) is 16.5 Å². The Morgan fingerprint density at radius 3 is 2.50 bits per heavy atom. The van der Waals surface area contributed by atoms with Gasteiger partial charge in [-0.1, -0.05) is 0 Å². The topological polar surface area (TPSA) is 85.6 Å². The third-order valence-electron chi connectivity index (χ3n) is 4.17. The molecule has 0 unspecified atom stereocenters. The van der Waals surface area contributed by atoms with Gasteiger partial charge in [-0.2, -0.15) is 0 Å². The Hall–Kier alpha value is -3.13. The number of fused-ring (bicyclic) bond motifs is 1. The Labute approximate surface area is 153 Å². The predicted molar refractivity (Wildman–Crippen MR) is 101 cm³/mol. The Balaban J connectivity index is 1.67. The number of hydrogen-bond acceptors (Lipinski definition) is 6. The van der Waals surface area contributed by atoms with Crippen molar-refractivity contribution in [2.75, 3.05) is 5.32 Å². The SMILES string of the molecule is Cc1ncc(C(=O)Nc2cc3cc(-c4cnc(C)n4C)ncc3cn2)s1. The lowest BCUT2D eigenvalue weighted by Gasteiger charge is -2.07. The van der Waals surface area contributed by atoms with Gasteiger partial charge in [0.25, 0.3) is 5.91 Å². The highest BCUT2D eigenvalue weighted by atomic mass is 32.1. The fraction of sp³-hybridized carbons (Fsp3) is 0.167. The van der Waals surface area contributed by atoms with Gasteiger partial charge in [0.05, 0.1) is 28.8 Å². The molecule has 0 radical (unpaired) electrons. The van der Waals surface area contributed by atoms with Crippen molar-refractivity contribution in [3.05, 3.63) is 52.6 Å². The van der Waals surface area contributed by atoms with Crippen LogP contribution in [0.2, 0.25) is 0 Å². The molecule has 0 atom stereocenters. The molecular weight excluding hydrogens is 348 g/mol. The number of amides is 1. The molecule has 4 heterocycles. The molecule has 0 aromatic carbocycles. The fourth-order valence-corrected chi connectivity index (χ4v) is 3.30. The first-order chi connectivity index (χ1) is 12.5. The lowest BCUT2D eigenvalue weighted by molar-refractivity contribution is 0.103. The summed E-state index contributed by atoms with van der Waals surface area (Å²) in [5, 5.41) is 5.52. The molecule has 26 heavy (non-hydrogen) atoms. The highest BCUT2D eigenvalue weighted by molar-refractivity contribution is 7.13. The number of aromatic nitrogens is 5. The van der Waals surface area contributed by atoms with Crippen LogP contribution in [0.3, 0.4) is 0 Å². The van der Waals surface area contributed by atoms with E-state index in [0.29, 0.717) is 10.7 Å². The minimum absolute atomic E-state index is 0.209. The summed E-state index contributed by atoms with van der Waals surface area (Å²) in [6.45, 7) is 3.81. The number of carbonyl (C=O) groups excluding carboxylic acids is 1. The fourth-order valence-electron chi connectivity index (χ4n) is 2.63. The molecule has 0 aliphatic rings. The van der Waals surface area contributed by atoms with Gasteiger partial charge in [-0.25, -0.2) is 15.0 Å². The summed E-state index contributed by atoms with van der Waals surface area (Å²) in [6, 6.07) is 3.81. The number of pyridine rings is 2. The summed E-state index contributed by atoms with van der Waals surface area (Å²) < 4.78 is 1.99. The first kappa shape index (κ1) is 16.3. The molecule has 0 saturated heterocycles. The number of imidazole rings is 1. The van der Waals surface area contributed by atoms with E-state index < -0.39 is 0 Å². The zero-order valence-electron chi connectivity index (χ0n) is 14.5. The van der Waals surface area contributed by atoms with E-state index in [1.807, 2.05) is 37.6 Å². The third-order valence-corrected chi connectivity index (χ3v) is 5.08. The van der Waals surface area contributed by atoms with E-state index in [1.165, 1.54) is 11.3 Å². The van der Waals surface area contributed by atoms with Crippen molar-refractivity contribution >= 4 is 33.8 Å². The standard InChI is InChI=1S/C18H16N6OS/c1-10-19-8-15(24(10)3)14-4-12-5-17(22-7-13(12)6-21-14)23-18(25)16-9-20-11(2)26-16/h4-9H,1-3H3,(H,22,23,25). The number of thiazole rings is 1. The maximum Gasteiger partial charge on any atom is 0.268 e. The number of aryl methyl sites for hydroxylation is 2. The second-order valence-electron chi connectivity index (χ2n) is 5.93. The predicted octanol–water partition coefficient (Wildman–Crippen LogP) is 3.36. The van der Waals surface area contributed by atoms with Gasteiger partial charge >= 0.3 is 0 Å². The highest BCUT2D eigenvalue weighted by Crippen LogP contribution is 2.24. The zero-order chi connectivity index (χ0) is 18.3. The summed E-state index contributed by atoms with van der Waals surface area (Å²) in [5.41, 5.74) is 1.76. The molecule has 130 valence electrons. The summed E-state index contributed by atoms with van der Waals surface area (Å²) in [6.07, 6.45) is 6.86. The van der Waals surface area contributed by atoms with E-state index >= 15 is 0 Å². The van der Waals surface area contributed by atoms with Crippen LogP contribution in [-0.2, 0) is 7.05 Å². The van der Waals surface area contributed by atoms with Crippen molar-refractivity contribution in [2.24, 2.45) is 7.05 Å². The molecular formula is C18H16N6OS. The maximum absolute atomic E-state index is 12.3. The molecule has 4 rings (SSSR count). The lowest BCUT2D eigenvalue weighted by atomic mass is 10.1. The largest absolute Gasteiger partial charge is 0.330 e. The number of nitrogens with one attached hydrogen (secondary N) is 1. The van der Waals surface area contributed by atoms with Crippen molar-refractivity contribution in [3.8, 4) is 11.4 Å². The second-order valence-corrected chi connectivity index (χ2v) is 7.17. The summed E-state index contributed by atoms with van der Waals surface area (Å²) in [5.74, 6) is 1.20. The van der Waals surface area contributed by atoms with Crippen LogP contribution >= 0.6 is 11.3 Å². The molecule has 4 aromatic rings. The summed E-state index contributed by atoms with van der Waals surface area (Å²) in [4.78, 5) is 30.1. The Morgan fingerprint density at radius 2 is 1.81 bits per heavy atom. The smallest absolute Gasteiger partial charge is 0.268 e.